The first-order chi connectivity index (χ1) is 33.8. The molecule has 3 fully saturated rings. The van der Waals surface area contributed by atoms with Gasteiger partial charge in [-0.1, -0.05) is 146 Å². The van der Waals surface area contributed by atoms with E-state index >= 15 is 4.79 Å². The zero-order valence-corrected chi connectivity index (χ0v) is 45.5. The number of amides is 1. The second-order valence-corrected chi connectivity index (χ2v) is 25.0. The molecule has 3 N–H and O–H groups in total. The van der Waals surface area contributed by atoms with Gasteiger partial charge in [-0.05, 0) is 55.5 Å². The lowest BCUT2D eigenvalue weighted by atomic mass is 9.44. The average molecular weight is 1140 g/mol. The molecule has 1 unspecified atom stereocenters. The Morgan fingerprint density at radius 3 is 1.92 bits per heavy atom. The Hall–Kier alpha value is -3.91. The predicted molar refractivity (Wildman–Crippen MR) is 266 cm³/mol. The highest BCUT2D eigenvalue weighted by Crippen LogP contribution is 2.65. The van der Waals surface area contributed by atoms with Crippen LogP contribution in [-0.4, -0.2) is 120 Å². The Balaban J connectivity index is 1.61. The minimum Gasteiger partial charge on any atom is -0.461 e. The minimum atomic E-state index is -2.61. The van der Waals surface area contributed by atoms with Gasteiger partial charge in [0.05, 0.1) is 42.4 Å². The quantitative estimate of drug-likeness (QED) is 0.0701. The number of fused-ring (bicyclic) bond motifs is 5. The van der Waals surface area contributed by atoms with E-state index in [1.54, 1.807) is 43.3 Å². The summed E-state index contributed by atoms with van der Waals surface area (Å²) in [6.45, 7) is 11.6. The molecule has 12 atom stereocenters. The van der Waals surface area contributed by atoms with E-state index in [1.807, 2.05) is 13.8 Å². The van der Waals surface area contributed by atoms with Crippen molar-refractivity contribution < 1.29 is 76.9 Å². The third-order valence-electron chi connectivity index (χ3n) is 14.6. The highest BCUT2D eigenvalue weighted by Gasteiger charge is 2.79. The first kappa shape index (κ1) is 58.4. The van der Waals surface area contributed by atoms with Gasteiger partial charge in [-0.15, -0.1) is 0 Å². The summed E-state index contributed by atoms with van der Waals surface area (Å²) < 4.78 is 37.9. The molecule has 1 amide bonds. The van der Waals surface area contributed by atoms with Gasteiger partial charge in [-0.25, -0.2) is 14.4 Å². The first-order valence-electron chi connectivity index (χ1n) is 23.3. The molecule has 0 radical (unpaired) electrons. The van der Waals surface area contributed by atoms with Crippen molar-refractivity contribution in [1.82, 2.24) is 5.32 Å². The van der Waals surface area contributed by atoms with Crippen molar-refractivity contribution in [3.05, 3.63) is 82.9 Å². The topological polar surface area (TPSA) is 237 Å². The highest BCUT2D eigenvalue weighted by molar-refractivity contribution is 6.68. The minimum absolute atomic E-state index is 0.0000520. The predicted octanol–water partition coefficient (Wildman–Crippen LogP) is 8.13. The number of aliphatic hydroxyl groups excluding tert-OH is 1. The standard InChI is InChI=1S/C50H57Cl6NO16/c1-24(2)26(4)68-44(65)57-36(28-15-11-9-12-16-28)37(61)43(64)69-30-20-48(66)41(72-42(63)29-17-13-10-14-18-29)39-46(8,40(62)38(35(25(30)3)45(48,6)7)71-34(60)22-50(54,55)56)31(70-33(59)21-49(51,52)53)19-32-47(39,23-67-32)73-27(5)58/h9-18,24,26,30-32,36-39,41,61,66H,19-23H2,1-8H3,(H,57,65)/t26?,30-,31-,32+,36-,37+,38+,39-,41-,46+,47-,48+/m0/s1. The van der Waals surface area contributed by atoms with E-state index in [4.69, 9.17) is 103 Å². The molecule has 1 aliphatic heterocycles. The lowest BCUT2D eigenvalue weighted by molar-refractivity contribution is -0.346. The van der Waals surface area contributed by atoms with Crippen molar-refractivity contribution in [3.63, 3.8) is 0 Å². The second kappa shape index (κ2) is 22.0. The maximum absolute atomic E-state index is 16.3. The fourth-order valence-electron chi connectivity index (χ4n) is 10.5. The normalized spacial score (nSPS) is 29.8. The molecule has 4 aliphatic rings. The number of carbonyl (C=O) groups is 7. The van der Waals surface area contributed by atoms with Crippen LogP contribution in [0.1, 0.15) is 103 Å². The largest absolute Gasteiger partial charge is 0.461 e. The molecule has 400 valence electrons. The summed E-state index contributed by atoms with van der Waals surface area (Å²) in [7, 11) is 0. The number of rotatable bonds is 14. The lowest BCUT2D eigenvalue weighted by Crippen LogP contribution is -2.82. The zero-order valence-electron chi connectivity index (χ0n) is 41.0. The molecule has 23 heteroatoms. The molecule has 1 saturated heterocycles. The van der Waals surface area contributed by atoms with Gasteiger partial charge in [0.15, 0.2) is 23.6 Å². The van der Waals surface area contributed by atoms with E-state index in [9.17, 15) is 39.0 Å². The number of nitrogens with one attached hydrogen (secondary N) is 1. The summed E-state index contributed by atoms with van der Waals surface area (Å²) in [6, 6.07) is 14.0. The van der Waals surface area contributed by atoms with Gasteiger partial charge in [0.25, 0.3) is 0 Å². The van der Waals surface area contributed by atoms with Crippen LogP contribution < -0.4 is 5.32 Å². The Kier molecular flexibility index (Phi) is 17.6. The van der Waals surface area contributed by atoms with Crippen molar-refractivity contribution in [2.75, 3.05) is 6.61 Å². The van der Waals surface area contributed by atoms with Crippen molar-refractivity contribution in [2.45, 2.75) is 149 Å². The molecular formula is C50H57Cl6NO16. The molecule has 2 aromatic rings. The van der Waals surface area contributed by atoms with Gasteiger partial charge in [0.1, 0.15) is 36.1 Å². The number of hydrogen-bond donors (Lipinski definition) is 3. The molecule has 3 aliphatic carbocycles. The number of ketones is 1. The van der Waals surface area contributed by atoms with Crippen LogP contribution in [-0.2, 0) is 57.1 Å². The number of alkyl halides is 6. The van der Waals surface area contributed by atoms with Crippen LogP contribution in [0.15, 0.2) is 71.8 Å². The fraction of sp³-hybridized carbons (Fsp3) is 0.580. The van der Waals surface area contributed by atoms with Gasteiger partial charge < -0.3 is 48.7 Å². The Morgan fingerprint density at radius 2 is 1.40 bits per heavy atom. The monoisotopic (exact) mass is 1140 g/mol. The van der Waals surface area contributed by atoms with Crippen LogP contribution in [0.5, 0.6) is 0 Å². The summed E-state index contributed by atoms with van der Waals surface area (Å²) in [6.07, 6.45) is -15.3. The summed E-state index contributed by atoms with van der Waals surface area (Å²) in [5, 5.41) is 28.5. The molecule has 0 spiro atoms. The second-order valence-electron chi connectivity index (χ2n) is 19.9. The lowest BCUT2D eigenvalue weighted by Gasteiger charge is -2.67. The van der Waals surface area contributed by atoms with Crippen molar-refractivity contribution >= 4 is 111 Å². The van der Waals surface area contributed by atoms with Crippen LogP contribution in [0.25, 0.3) is 0 Å². The average Bonchev–Trinajstić information content (AvgIpc) is 3.27. The van der Waals surface area contributed by atoms with Crippen LogP contribution in [0.4, 0.5) is 4.79 Å². The van der Waals surface area contributed by atoms with E-state index in [1.165, 1.54) is 52.0 Å². The molecule has 73 heavy (non-hydrogen) atoms. The zero-order chi connectivity index (χ0) is 54.4. The van der Waals surface area contributed by atoms with Gasteiger partial charge in [0.2, 0.25) is 7.59 Å². The van der Waals surface area contributed by atoms with E-state index in [-0.39, 0.29) is 34.6 Å². The summed E-state index contributed by atoms with van der Waals surface area (Å²) in [5.74, 6) is -8.65. The van der Waals surface area contributed by atoms with Crippen molar-refractivity contribution in [3.8, 4) is 0 Å². The summed E-state index contributed by atoms with van der Waals surface area (Å²) in [4.78, 5) is 99.8. The molecule has 2 saturated carbocycles. The third kappa shape index (κ3) is 12.1. The number of alkyl carbamates (subject to hydrolysis) is 1. The Bertz CT molecular complexity index is 2480. The molecule has 1 heterocycles. The molecule has 0 aromatic heterocycles. The van der Waals surface area contributed by atoms with E-state index in [2.05, 4.69) is 5.32 Å². The summed E-state index contributed by atoms with van der Waals surface area (Å²) in [5.41, 5.74) is -8.81. The first-order valence-corrected chi connectivity index (χ1v) is 25.5. The fourth-order valence-corrected chi connectivity index (χ4v) is 11.2. The van der Waals surface area contributed by atoms with E-state index in [0.29, 0.717) is 0 Å². The van der Waals surface area contributed by atoms with Gasteiger partial charge in [-0.3, -0.25) is 19.2 Å². The number of esters is 5. The SMILES string of the molecule is CC(=O)O[C@@]12CO[C@@H]1C[C@H](OC(=O)CC(Cl)(Cl)Cl)[C@@]1(C)C(=O)[C@H](OC(=O)CC(Cl)(Cl)Cl)C3=C(C)[C@@H](OC(=O)[C@H](O)[C@@H](NC(=O)OC(C)C(C)C)c4ccccc4)C[C@@](O)([C@@H](OC(=O)c4ccccc4)[C@H]21)C3(C)C. The maximum atomic E-state index is 16.3. The number of hydrogen-bond acceptors (Lipinski definition) is 16. The molecule has 6 rings (SSSR count). The number of ether oxygens (including phenoxy) is 7. The summed E-state index contributed by atoms with van der Waals surface area (Å²) >= 11 is 36.3. The Labute approximate surface area is 452 Å². The van der Waals surface area contributed by atoms with E-state index in [0.717, 1.165) is 6.92 Å². The number of halogens is 6. The van der Waals surface area contributed by atoms with Gasteiger partial charge in [-0.2, -0.15) is 0 Å². The van der Waals surface area contributed by atoms with Crippen molar-refractivity contribution in [1.29, 1.82) is 0 Å². The number of Topliss-reactive ketones (excluding diaryl/α,β-unsaturated/α-hetero) is 1. The van der Waals surface area contributed by atoms with Gasteiger partial charge in [0, 0.05) is 25.2 Å². The smallest absolute Gasteiger partial charge is 0.407 e. The van der Waals surface area contributed by atoms with Crippen LogP contribution >= 0.6 is 69.6 Å². The van der Waals surface area contributed by atoms with E-state index < -0.39 is 152 Å². The van der Waals surface area contributed by atoms with Crippen molar-refractivity contribution in [2.24, 2.45) is 22.7 Å². The molecular weight excluding hydrogens is 1080 g/mol. The Morgan fingerprint density at radius 1 is 0.836 bits per heavy atom. The highest BCUT2D eigenvalue weighted by atomic mass is 35.6. The number of benzene rings is 2. The van der Waals surface area contributed by atoms with Crippen LogP contribution in [0.3, 0.4) is 0 Å². The number of aliphatic hydroxyl groups is 2. The van der Waals surface area contributed by atoms with Crippen LogP contribution in [0, 0.1) is 22.7 Å². The number of carbonyl (C=O) groups excluding carboxylic acids is 7. The van der Waals surface area contributed by atoms with Crippen LogP contribution in [0.2, 0.25) is 0 Å². The maximum Gasteiger partial charge on any atom is 0.407 e. The molecule has 2 aromatic carbocycles. The molecule has 17 nitrogen and oxygen atoms in total. The van der Waals surface area contributed by atoms with Gasteiger partial charge >= 0.3 is 35.9 Å². The third-order valence-corrected chi connectivity index (χ3v) is 15.4. The molecule has 2 bridgehead atoms.